The predicted octanol–water partition coefficient (Wildman–Crippen LogP) is 1.88. The fraction of sp³-hybridized carbons (Fsp3) is 0.333. The van der Waals surface area contributed by atoms with Gasteiger partial charge in [0.15, 0.2) is 0 Å². The number of nitrogen functional groups attached to an aromatic ring is 1. The number of benzene rings is 2. The highest BCUT2D eigenvalue weighted by molar-refractivity contribution is 7.92. The van der Waals surface area contributed by atoms with Gasteiger partial charge in [0.05, 0.1) is 29.1 Å². The van der Waals surface area contributed by atoms with Crippen molar-refractivity contribution in [2.75, 3.05) is 48.6 Å². The van der Waals surface area contributed by atoms with Crippen molar-refractivity contribution in [2.45, 2.75) is 11.3 Å². The minimum atomic E-state index is -3.73. The zero-order chi connectivity index (χ0) is 18.6. The van der Waals surface area contributed by atoms with Gasteiger partial charge in [-0.05, 0) is 43.3 Å². The topological polar surface area (TPSA) is 96.7 Å². The third-order valence-electron chi connectivity index (χ3n) is 4.31. The van der Waals surface area contributed by atoms with E-state index in [-0.39, 0.29) is 4.90 Å². The summed E-state index contributed by atoms with van der Waals surface area (Å²) in [6, 6.07) is 11.6. The number of sulfonamides is 1. The fourth-order valence-electron chi connectivity index (χ4n) is 2.98. The van der Waals surface area contributed by atoms with Crippen molar-refractivity contribution in [1.82, 2.24) is 5.32 Å². The van der Waals surface area contributed by atoms with Crippen LogP contribution in [0.2, 0.25) is 0 Å². The third-order valence-corrected chi connectivity index (χ3v) is 5.69. The standard InChI is InChI=1S/C18H24N4O3S/c1-25-15-5-2-4-14(12-15)21-26(23,24)16-6-7-18(17(19)13-16)22-10-3-8-20-9-11-22/h2,4-7,12-13,20-21H,3,8-11,19H2,1H3. The van der Waals surface area contributed by atoms with Crippen LogP contribution in [0.3, 0.4) is 0 Å². The molecule has 1 aliphatic rings. The van der Waals surface area contributed by atoms with E-state index < -0.39 is 10.0 Å². The largest absolute Gasteiger partial charge is 0.497 e. The van der Waals surface area contributed by atoms with E-state index in [2.05, 4.69) is 14.9 Å². The molecule has 0 unspecified atom stereocenters. The first-order valence-corrected chi connectivity index (χ1v) is 10.00. The van der Waals surface area contributed by atoms with E-state index in [4.69, 9.17) is 10.5 Å². The summed E-state index contributed by atoms with van der Waals surface area (Å²) in [6.07, 6.45) is 1.02. The monoisotopic (exact) mass is 376 g/mol. The molecule has 4 N–H and O–H groups in total. The average Bonchev–Trinajstić information content (AvgIpc) is 2.90. The number of hydrogen-bond donors (Lipinski definition) is 3. The van der Waals surface area contributed by atoms with E-state index in [9.17, 15) is 8.42 Å². The van der Waals surface area contributed by atoms with Crippen molar-refractivity contribution in [2.24, 2.45) is 0 Å². The van der Waals surface area contributed by atoms with Gasteiger partial charge in [0.2, 0.25) is 0 Å². The van der Waals surface area contributed by atoms with Crippen LogP contribution in [0.25, 0.3) is 0 Å². The molecule has 0 bridgehead atoms. The minimum absolute atomic E-state index is 0.134. The van der Waals surface area contributed by atoms with Crippen molar-refractivity contribution in [3.05, 3.63) is 42.5 Å². The molecule has 0 atom stereocenters. The summed E-state index contributed by atoms with van der Waals surface area (Å²) in [4.78, 5) is 2.32. The van der Waals surface area contributed by atoms with E-state index in [1.54, 1.807) is 36.4 Å². The Bertz CT molecular complexity index is 862. The van der Waals surface area contributed by atoms with E-state index in [0.29, 0.717) is 17.1 Å². The summed E-state index contributed by atoms with van der Waals surface area (Å²) in [5.74, 6) is 0.579. The van der Waals surface area contributed by atoms with Crippen molar-refractivity contribution >= 4 is 27.1 Å². The first kappa shape index (κ1) is 18.3. The zero-order valence-corrected chi connectivity index (χ0v) is 15.6. The molecule has 0 saturated carbocycles. The van der Waals surface area contributed by atoms with Crippen molar-refractivity contribution < 1.29 is 13.2 Å². The van der Waals surface area contributed by atoms with Crippen molar-refractivity contribution in [3.8, 4) is 5.75 Å². The Morgan fingerprint density at radius 2 is 2.00 bits per heavy atom. The Hall–Kier alpha value is -2.45. The van der Waals surface area contributed by atoms with Crippen LogP contribution in [0, 0.1) is 0 Å². The molecule has 2 aromatic rings. The molecule has 1 saturated heterocycles. The van der Waals surface area contributed by atoms with Crippen LogP contribution < -0.4 is 25.4 Å². The van der Waals surface area contributed by atoms with Gasteiger partial charge in [0, 0.05) is 25.7 Å². The molecule has 3 rings (SSSR count). The molecule has 0 amide bonds. The summed E-state index contributed by atoms with van der Waals surface area (Å²) in [5.41, 5.74) is 7.93. The van der Waals surface area contributed by atoms with E-state index in [1.165, 1.54) is 13.2 Å². The number of ether oxygens (including phenoxy) is 1. The lowest BCUT2D eigenvalue weighted by Gasteiger charge is -2.24. The Balaban J connectivity index is 1.82. The third kappa shape index (κ3) is 4.20. The normalized spacial score (nSPS) is 15.3. The zero-order valence-electron chi connectivity index (χ0n) is 14.7. The number of nitrogens with zero attached hydrogens (tertiary/aromatic N) is 1. The van der Waals surface area contributed by atoms with Gasteiger partial charge in [-0.1, -0.05) is 6.07 Å². The maximum absolute atomic E-state index is 12.7. The smallest absolute Gasteiger partial charge is 0.261 e. The Morgan fingerprint density at radius 1 is 1.15 bits per heavy atom. The highest BCUT2D eigenvalue weighted by Crippen LogP contribution is 2.28. The van der Waals surface area contributed by atoms with E-state index >= 15 is 0 Å². The molecule has 0 spiro atoms. The number of nitrogens with two attached hydrogens (primary N) is 1. The highest BCUT2D eigenvalue weighted by atomic mass is 32.2. The van der Waals surface area contributed by atoms with Crippen LogP contribution in [0.5, 0.6) is 5.75 Å². The van der Waals surface area contributed by atoms with Gasteiger partial charge in [-0.2, -0.15) is 0 Å². The molecule has 26 heavy (non-hydrogen) atoms. The molecule has 0 radical (unpaired) electrons. The van der Waals surface area contributed by atoms with E-state index in [1.807, 2.05) is 0 Å². The summed E-state index contributed by atoms with van der Waals surface area (Å²) < 4.78 is 33.0. The van der Waals surface area contributed by atoms with Gasteiger partial charge in [0.25, 0.3) is 10.0 Å². The lowest BCUT2D eigenvalue weighted by molar-refractivity contribution is 0.415. The van der Waals surface area contributed by atoms with Gasteiger partial charge in [-0.15, -0.1) is 0 Å². The van der Waals surface area contributed by atoms with Gasteiger partial charge >= 0.3 is 0 Å². The van der Waals surface area contributed by atoms with Crippen LogP contribution in [0.15, 0.2) is 47.4 Å². The molecule has 7 nitrogen and oxygen atoms in total. The van der Waals surface area contributed by atoms with Gasteiger partial charge in [-0.25, -0.2) is 8.42 Å². The fourth-order valence-corrected chi connectivity index (χ4v) is 4.06. The molecule has 0 aliphatic carbocycles. The SMILES string of the molecule is COc1cccc(NS(=O)(=O)c2ccc(N3CCCNCC3)c(N)c2)c1. The quantitative estimate of drug-likeness (QED) is 0.690. The van der Waals surface area contributed by atoms with Gasteiger partial charge < -0.3 is 20.7 Å². The number of rotatable bonds is 5. The molecule has 8 heteroatoms. The first-order valence-electron chi connectivity index (χ1n) is 8.52. The first-order chi connectivity index (χ1) is 12.5. The number of methoxy groups -OCH3 is 1. The lowest BCUT2D eigenvalue weighted by atomic mass is 10.2. The Kier molecular flexibility index (Phi) is 5.53. The molecule has 0 aromatic heterocycles. The van der Waals surface area contributed by atoms with Crippen LogP contribution in [-0.4, -0.2) is 41.7 Å². The van der Waals surface area contributed by atoms with Gasteiger partial charge in [0.1, 0.15) is 5.75 Å². The van der Waals surface area contributed by atoms with Crippen molar-refractivity contribution in [3.63, 3.8) is 0 Å². The highest BCUT2D eigenvalue weighted by Gasteiger charge is 2.18. The van der Waals surface area contributed by atoms with Crippen LogP contribution in [0.4, 0.5) is 17.1 Å². The second kappa shape index (κ2) is 7.84. The summed E-state index contributed by atoms with van der Waals surface area (Å²) >= 11 is 0. The minimum Gasteiger partial charge on any atom is -0.497 e. The summed E-state index contributed by atoms with van der Waals surface area (Å²) in [5, 5.41) is 3.34. The second-order valence-electron chi connectivity index (χ2n) is 6.15. The maximum atomic E-state index is 12.7. The molecule has 1 aliphatic heterocycles. The number of hydrogen-bond acceptors (Lipinski definition) is 6. The molecular weight excluding hydrogens is 352 g/mol. The summed E-state index contributed by atoms with van der Waals surface area (Å²) in [7, 11) is -2.20. The molecule has 140 valence electrons. The summed E-state index contributed by atoms with van der Waals surface area (Å²) in [6.45, 7) is 3.61. The molecule has 1 heterocycles. The molecule has 1 fully saturated rings. The van der Waals surface area contributed by atoms with Crippen LogP contribution in [0.1, 0.15) is 6.42 Å². The van der Waals surface area contributed by atoms with E-state index in [0.717, 1.165) is 38.3 Å². The van der Waals surface area contributed by atoms with Crippen molar-refractivity contribution in [1.29, 1.82) is 0 Å². The van der Waals surface area contributed by atoms with Crippen LogP contribution in [-0.2, 0) is 10.0 Å². The molecular formula is C18H24N4O3S. The maximum Gasteiger partial charge on any atom is 0.261 e. The molecule has 2 aromatic carbocycles. The average molecular weight is 376 g/mol. The number of nitrogens with one attached hydrogen (secondary N) is 2. The van der Waals surface area contributed by atoms with Gasteiger partial charge in [-0.3, -0.25) is 4.72 Å². The predicted molar refractivity (Wildman–Crippen MR) is 104 cm³/mol. The number of anilines is 3. The lowest BCUT2D eigenvalue weighted by Crippen LogP contribution is -2.28. The Labute approximate surface area is 154 Å². The van der Waals surface area contributed by atoms with Crippen LogP contribution >= 0.6 is 0 Å². The Morgan fingerprint density at radius 3 is 2.77 bits per heavy atom. The second-order valence-corrected chi connectivity index (χ2v) is 7.83.